The smallest absolute Gasteiger partial charge is 0.141 e. The second kappa shape index (κ2) is 6.63. The number of hydrogen-bond acceptors (Lipinski definition) is 3. The maximum absolute atomic E-state index is 14.1. The summed E-state index contributed by atoms with van der Waals surface area (Å²) in [4.78, 5) is 1.78. The number of benzene rings is 2. The van der Waals surface area contributed by atoms with E-state index in [2.05, 4.69) is 0 Å². The molecule has 24 heavy (non-hydrogen) atoms. The van der Waals surface area contributed by atoms with Crippen LogP contribution in [0.2, 0.25) is 0 Å². The van der Waals surface area contributed by atoms with E-state index < -0.39 is 29.6 Å². The topological polar surface area (TPSA) is 47.3 Å². The van der Waals surface area contributed by atoms with Crippen molar-refractivity contribution in [3.63, 3.8) is 0 Å². The summed E-state index contributed by atoms with van der Waals surface area (Å²) in [6, 6.07) is 8.75. The highest BCUT2D eigenvalue weighted by molar-refractivity contribution is 5.33. The van der Waals surface area contributed by atoms with Gasteiger partial charge in [0.2, 0.25) is 0 Å². The number of aliphatic hydroxyl groups is 1. The Hall–Kier alpha value is -2.36. The van der Waals surface area contributed by atoms with E-state index in [0.29, 0.717) is 5.56 Å². The molecule has 1 saturated heterocycles. The van der Waals surface area contributed by atoms with E-state index in [0.717, 1.165) is 18.2 Å². The number of halogens is 3. The second-order valence-corrected chi connectivity index (χ2v) is 5.93. The SMILES string of the molecule is N#Cc1ccc(CN2C[C@@H](O)C[C@H]2c2cc(F)ccc2F)cc1F. The molecular formula is C18H15F3N2O. The maximum Gasteiger partial charge on any atom is 0.141 e. The normalized spacial score (nSPS) is 21.0. The predicted octanol–water partition coefficient (Wildman–Crippen LogP) is 3.28. The van der Waals surface area contributed by atoms with E-state index >= 15 is 0 Å². The van der Waals surface area contributed by atoms with Crippen molar-refractivity contribution in [2.75, 3.05) is 6.54 Å². The first-order valence-corrected chi connectivity index (χ1v) is 7.53. The molecule has 1 heterocycles. The number of nitriles is 1. The number of hydrogen-bond donors (Lipinski definition) is 1. The molecule has 3 nitrogen and oxygen atoms in total. The lowest BCUT2D eigenvalue weighted by Gasteiger charge is -2.25. The summed E-state index contributed by atoms with van der Waals surface area (Å²) >= 11 is 0. The monoisotopic (exact) mass is 332 g/mol. The Bertz CT molecular complexity index is 803. The van der Waals surface area contributed by atoms with E-state index in [9.17, 15) is 18.3 Å². The third kappa shape index (κ3) is 3.28. The molecule has 0 aliphatic carbocycles. The minimum Gasteiger partial charge on any atom is -0.392 e. The summed E-state index contributed by atoms with van der Waals surface area (Å²) < 4.78 is 41.3. The highest BCUT2D eigenvalue weighted by atomic mass is 19.1. The van der Waals surface area contributed by atoms with Crippen LogP contribution in [0.5, 0.6) is 0 Å². The van der Waals surface area contributed by atoms with Gasteiger partial charge in [0.1, 0.15) is 23.5 Å². The molecule has 2 aromatic carbocycles. The first-order valence-electron chi connectivity index (χ1n) is 7.53. The van der Waals surface area contributed by atoms with Gasteiger partial charge in [-0.1, -0.05) is 6.07 Å². The van der Waals surface area contributed by atoms with Gasteiger partial charge in [-0.15, -0.1) is 0 Å². The van der Waals surface area contributed by atoms with Crippen molar-refractivity contribution < 1.29 is 18.3 Å². The van der Waals surface area contributed by atoms with E-state index in [-0.39, 0.29) is 30.6 Å². The highest BCUT2D eigenvalue weighted by Gasteiger charge is 2.33. The molecule has 3 rings (SSSR count). The highest BCUT2D eigenvalue weighted by Crippen LogP contribution is 2.35. The summed E-state index contributed by atoms with van der Waals surface area (Å²) in [5.74, 6) is -1.70. The molecule has 0 bridgehead atoms. The van der Waals surface area contributed by atoms with E-state index in [1.54, 1.807) is 17.0 Å². The lowest BCUT2D eigenvalue weighted by molar-refractivity contribution is 0.172. The Morgan fingerprint density at radius 2 is 1.92 bits per heavy atom. The van der Waals surface area contributed by atoms with Crippen molar-refractivity contribution in [1.82, 2.24) is 4.90 Å². The van der Waals surface area contributed by atoms with Crippen LogP contribution >= 0.6 is 0 Å². The Morgan fingerprint density at radius 1 is 1.12 bits per heavy atom. The van der Waals surface area contributed by atoms with E-state index in [1.807, 2.05) is 0 Å². The van der Waals surface area contributed by atoms with Crippen molar-refractivity contribution in [1.29, 1.82) is 5.26 Å². The van der Waals surface area contributed by atoms with Gasteiger partial charge in [0.05, 0.1) is 11.7 Å². The Kier molecular flexibility index (Phi) is 4.56. The number of β-amino-alcohol motifs (C(OH)–C–C–N with tert-alkyl or cyclic N) is 1. The molecule has 0 saturated carbocycles. The molecule has 1 N–H and O–H groups in total. The summed E-state index contributed by atoms with van der Waals surface area (Å²) in [6.07, 6.45) is -0.389. The fraction of sp³-hybridized carbons (Fsp3) is 0.278. The molecule has 1 aliphatic heterocycles. The molecule has 0 radical (unpaired) electrons. The van der Waals surface area contributed by atoms with Gasteiger partial charge in [-0.05, 0) is 42.3 Å². The fourth-order valence-corrected chi connectivity index (χ4v) is 3.13. The van der Waals surface area contributed by atoms with Crippen molar-refractivity contribution in [2.24, 2.45) is 0 Å². The molecule has 124 valence electrons. The second-order valence-electron chi connectivity index (χ2n) is 5.93. The van der Waals surface area contributed by atoms with Crippen LogP contribution in [0.1, 0.15) is 29.2 Å². The molecule has 6 heteroatoms. The van der Waals surface area contributed by atoms with Crippen molar-refractivity contribution >= 4 is 0 Å². The standard InChI is InChI=1S/C18H15F3N2O/c19-13-3-4-16(20)15(6-13)18-7-14(24)10-23(18)9-11-1-2-12(8-22)17(21)5-11/h1-6,14,18,24H,7,9-10H2/t14-,18-/m0/s1. The third-order valence-corrected chi connectivity index (χ3v) is 4.24. The van der Waals surface area contributed by atoms with Crippen molar-refractivity contribution in [3.8, 4) is 6.07 Å². The summed E-state index contributed by atoms with van der Waals surface area (Å²) in [5.41, 5.74) is 0.732. The fourth-order valence-electron chi connectivity index (χ4n) is 3.13. The average Bonchev–Trinajstić information content (AvgIpc) is 2.90. The van der Waals surface area contributed by atoms with Gasteiger partial charge < -0.3 is 5.11 Å². The van der Waals surface area contributed by atoms with Crippen LogP contribution < -0.4 is 0 Å². The molecular weight excluding hydrogens is 317 g/mol. The largest absolute Gasteiger partial charge is 0.392 e. The molecule has 0 amide bonds. The van der Waals surface area contributed by atoms with E-state index in [1.165, 1.54) is 12.1 Å². The molecule has 1 aliphatic rings. The average molecular weight is 332 g/mol. The van der Waals surface area contributed by atoms with Crippen LogP contribution in [0.3, 0.4) is 0 Å². The van der Waals surface area contributed by atoms with Crippen LogP contribution in [0.15, 0.2) is 36.4 Å². The van der Waals surface area contributed by atoms with Gasteiger partial charge in [0.15, 0.2) is 0 Å². The van der Waals surface area contributed by atoms with Crippen LogP contribution in [0, 0.1) is 28.8 Å². The summed E-state index contributed by atoms with van der Waals surface area (Å²) in [6.45, 7) is 0.544. The van der Waals surface area contributed by atoms with E-state index in [4.69, 9.17) is 5.26 Å². The zero-order valence-electron chi connectivity index (χ0n) is 12.7. The molecule has 2 atom stereocenters. The molecule has 0 unspecified atom stereocenters. The first-order chi connectivity index (χ1) is 11.5. The van der Waals surface area contributed by atoms with Gasteiger partial charge in [0, 0.05) is 24.7 Å². The third-order valence-electron chi connectivity index (χ3n) is 4.24. The Balaban J connectivity index is 1.87. The maximum atomic E-state index is 14.1. The number of rotatable bonds is 3. The van der Waals surface area contributed by atoms with Gasteiger partial charge >= 0.3 is 0 Å². The Labute approximate surface area is 137 Å². The summed E-state index contributed by atoms with van der Waals surface area (Å²) in [7, 11) is 0. The lowest BCUT2D eigenvalue weighted by atomic mass is 10.0. The van der Waals surface area contributed by atoms with Gasteiger partial charge in [-0.3, -0.25) is 4.90 Å². The number of aliphatic hydroxyl groups excluding tert-OH is 1. The van der Waals surface area contributed by atoms with Gasteiger partial charge in [-0.25, -0.2) is 13.2 Å². The van der Waals surface area contributed by atoms with Crippen molar-refractivity contribution in [3.05, 3.63) is 70.5 Å². The number of likely N-dealkylation sites (tertiary alicyclic amines) is 1. The predicted molar refractivity (Wildman–Crippen MR) is 81.2 cm³/mol. The molecule has 2 aromatic rings. The first kappa shape index (κ1) is 16.5. The van der Waals surface area contributed by atoms with Crippen LogP contribution in [0.25, 0.3) is 0 Å². The zero-order chi connectivity index (χ0) is 17.3. The van der Waals surface area contributed by atoms with Crippen LogP contribution in [-0.4, -0.2) is 22.7 Å². The lowest BCUT2D eigenvalue weighted by Crippen LogP contribution is -2.25. The number of nitrogens with zero attached hydrogens (tertiary/aromatic N) is 2. The minimum absolute atomic E-state index is 0.0482. The Morgan fingerprint density at radius 3 is 2.62 bits per heavy atom. The zero-order valence-corrected chi connectivity index (χ0v) is 12.7. The minimum atomic E-state index is -0.666. The van der Waals surface area contributed by atoms with Crippen molar-refractivity contribution in [2.45, 2.75) is 25.1 Å². The molecule has 1 fully saturated rings. The molecule has 0 spiro atoms. The van der Waals surface area contributed by atoms with Crippen LogP contribution in [-0.2, 0) is 6.54 Å². The molecule has 0 aromatic heterocycles. The quantitative estimate of drug-likeness (QED) is 0.938. The van der Waals surface area contributed by atoms with Gasteiger partial charge in [-0.2, -0.15) is 5.26 Å². The van der Waals surface area contributed by atoms with Gasteiger partial charge in [0.25, 0.3) is 0 Å². The summed E-state index contributed by atoms with van der Waals surface area (Å²) in [5, 5.41) is 18.7. The van der Waals surface area contributed by atoms with Crippen LogP contribution in [0.4, 0.5) is 13.2 Å².